The maximum absolute atomic E-state index is 5.63. The number of hydrogen-bond donors (Lipinski definition) is 1. The Morgan fingerprint density at radius 3 is 2.55 bits per heavy atom. The van der Waals surface area contributed by atoms with Gasteiger partial charge in [-0.1, -0.05) is 43.7 Å². The molecule has 1 aliphatic rings. The second-order valence-corrected chi connectivity index (χ2v) is 5.99. The second kappa shape index (κ2) is 5.84. The van der Waals surface area contributed by atoms with Gasteiger partial charge in [-0.3, -0.25) is 0 Å². The SMILES string of the molecule is CCCC1(CNC(c2ccccc2)c2ccco2)CC1. The van der Waals surface area contributed by atoms with E-state index in [1.54, 1.807) is 6.26 Å². The fourth-order valence-electron chi connectivity index (χ4n) is 3.02. The second-order valence-electron chi connectivity index (χ2n) is 5.99. The van der Waals surface area contributed by atoms with Gasteiger partial charge in [-0.2, -0.15) is 0 Å². The lowest BCUT2D eigenvalue weighted by atomic mass is 9.98. The summed E-state index contributed by atoms with van der Waals surface area (Å²) in [6.07, 6.45) is 7.10. The zero-order valence-electron chi connectivity index (χ0n) is 12.1. The van der Waals surface area contributed by atoms with Crippen LogP contribution >= 0.6 is 0 Å². The highest BCUT2D eigenvalue weighted by Gasteiger charge is 2.41. The first kappa shape index (κ1) is 13.4. The van der Waals surface area contributed by atoms with Gasteiger partial charge in [0.2, 0.25) is 0 Å². The van der Waals surface area contributed by atoms with E-state index in [0.29, 0.717) is 5.41 Å². The van der Waals surface area contributed by atoms with Gasteiger partial charge in [0.1, 0.15) is 5.76 Å². The maximum atomic E-state index is 5.63. The van der Waals surface area contributed by atoms with Gasteiger partial charge in [-0.05, 0) is 42.4 Å². The van der Waals surface area contributed by atoms with Crippen LogP contribution in [0.4, 0.5) is 0 Å². The number of benzene rings is 1. The van der Waals surface area contributed by atoms with E-state index < -0.39 is 0 Å². The smallest absolute Gasteiger partial charge is 0.125 e. The van der Waals surface area contributed by atoms with Gasteiger partial charge < -0.3 is 9.73 Å². The molecule has 0 spiro atoms. The van der Waals surface area contributed by atoms with Gasteiger partial charge in [-0.25, -0.2) is 0 Å². The van der Waals surface area contributed by atoms with Gasteiger partial charge in [0.05, 0.1) is 12.3 Å². The molecule has 1 N–H and O–H groups in total. The highest BCUT2D eigenvalue weighted by atomic mass is 16.3. The van der Waals surface area contributed by atoms with Crippen molar-refractivity contribution in [3.8, 4) is 0 Å². The fourth-order valence-corrected chi connectivity index (χ4v) is 3.02. The van der Waals surface area contributed by atoms with Crippen molar-refractivity contribution in [3.63, 3.8) is 0 Å². The molecule has 2 nitrogen and oxygen atoms in total. The predicted molar refractivity (Wildman–Crippen MR) is 81.6 cm³/mol. The van der Waals surface area contributed by atoms with Gasteiger partial charge in [-0.15, -0.1) is 0 Å². The number of rotatable bonds is 7. The zero-order valence-corrected chi connectivity index (χ0v) is 12.1. The Kier molecular flexibility index (Phi) is 3.93. The van der Waals surface area contributed by atoms with Crippen molar-refractivity contribution in [1.82, 2.24) is 5.32 Å². The standard InChI is InChI=1S/C18H23NO/c1-2-10-18(11-12-18)14-19-17(16-9-6-13-20-16)15-7-4-3-5-8-15/h3-9,13,17,19H,2,10-12,14H2,1H3. The van der Waals surface area contributed by atoms with Crippen molar-refractivity contribution in [2.75, 3.05) is 6.54 Å². The summed E-state index contributed by atoms with van der Waals surface area (Å²) in [5, 5.41) is 3.73. The molecule has 0 radical (unpaired) electrons. The van der Waals surface area contributed by atoms with Crippen LogP contribution in [0.3, 0.4) is 0 Å². The van der Waals surface area contributed by atoms with E-state index >= 15 is 0 Å². The van der Waals surface area contributed by atoms with Gasteiger partial charge in [0.25, 0.3) is 0 Å². The average Bonchev–Trinajstić information content (AvgIpc) is 3.03. The average molecular weight is 269 g/mol. The molecule has 1 aliphatic carbocycles. The fraction of sp³-hybridized carbons (Fsp3) is 0.444. The van der Waals surface area contributed by atoms with Crippen molar-refractivity contribution in [1.29, 1.82) is 0 Å². The van der Waals surface area contributed by atoms with Gasteiger partial charge in [0.15, 0.2) is 0 Å². The van der Waals surface area contributed by atoms with Crippen molar-refractivity contribution >= 4 is 0 Å². The summed E-state index contributed by atoms with van der Waals surface area (Å²) in [4.78, 5) is 0. The molecular weight excluding hydrogens is 246 g/mol. The van der Waals surface area contributed by atoms with Crippen molar-refractivity contribution in [3.05, 3.63) is 60.1 Å². The van der Waals surface area contributed by atoms with E-state index in [4.69, 9.17) is 4.42 Å². The first-order valence-electron chi connectivity index (χ1n) is 7.65. The van der Waals surface area contributed by atoms with E-state index in [2.05, 4.69) is 48.6 Å². The van der Waals surface area contributed by atoms with E-state index in [0.717, 1.165) is 12.3 Å². The first-order valence-corrected chi connectivity index (χ1v) is 7.65. The lowest BCUT2D eigenvalue weighted by Gasteiger charge is -2.21. The molecule has 0 aliphatic heterocycles. The molecule has 0 bridgehead atoms. The summed E-state index contributed by atoms with van der Waals surface area (Å²) < 4.78 is 5.63. The van der Waals surface area contributed by atoms with Crippen molar-refractivity contribution in [2.45, 2.75) is 38.6 Å². The van der Waals surface area contributed by atoms with E-state index in [-0.39, 0.29) is 6.04 Å². The number of furan rings is 1. The molecule has 1 atom stereocenters. The van der Waals surface area contributed by atoms with Gasteiger partial charge in [0, 0.05) is 6.54 Å². The summed E-state index contributed by atoms with van der Waals surface area (Å²) in [7, 11) is 0. The monoisotopic (exact) mass is 269 g/mol. The Bertz CT molecular complexity index is 514. The van der Waals surface area contributed by atoms with Crippen molar-refractivity contribution < 1.29 is 4.42 Å². The minimum absolute atomic E-state index is 0.167. The minimum atomic E-state index is 0.167. The zero-order chi connectivity index (χ0) is 13.8. The lowest BCUT2D eigenvalue weighted by molar-refractivity contribution is 0.377. The molecule has 20 heavy (non-hydrogen) atoms. The third-order valence-corrected chi connectivity index (χ3v) is 4.38. The molecule has 1 unspecified atom stereocenters. The Morgan fingerprint density at radius 1 is 1.15 bits per heavy atom. The predicted octanol–water partition coefficient (Wildman–Crippen LogP) is 4.54. The van der Waals surface area contributed by atoms with Crippen LogP contribution in [0.15, 0.2) is 53.1 Å². The molecule has 3 rings (SSSR count). The maximum Gasteiger partial charge on any atom is 0.125 e. The molecule has 1 aromatic carbocycles. The molecule has 2 aromatic rings. The molecule has 1 fully saturated rings. The van der Waals surface area contributed by atoms with Crippen LogP contribution in [0.25, 0.3) is 0 Å². The third-order valence-electron chi connectivity index (χ3n) is 4.38. The van der Waals surface area contributed by atoms with Crippen LogP contribution in [-0.2, 0) is 0 Å². The van der Waals surface area contributed by atoms with Crippen LogP contribution in [0.1, 0.15) is 50.0 Å². The summed E-state index contributed by atoms with van der Waals surface area (Å²) >= 11 is 0. The Morgan fingerprint density at radius 2 is 1.95 bits per heavy atom. The van der Waals surface area contributed by atoms with Crippen LogP contribution in [0, 0.1) is 5.41 Å². The van der Waals surface area contributed by atoms with E-state index in [1.807, 2.05) is 6.07 Å². The van der Waals surface area contributed by atoms with Crippen LogP contribution in [0.5, 0.6) is 0 Å². The molecule has 1 heterocycles. The first-order chi connectivity index (χ1) is 9.83. The van der Waals surface area contributed by atoms with Crippen molar-refractivity contribution in [2.24, 2.45) is 5.41 Å². The topological polar surface area (TPSA) is 25.2 Å². The van der Waals surface area contributed by atoms with E-state index in [9.17, 15) is 0 Å². The Balaban J connectivity index is 1.74. The molecule has 0 amide bonds. The molecule has 106 valence electrons. The molecule has 1 aromatic heterocycles. The molecule has 1 saturated carbocycles. The Hall–Kier alpha value is -1.54. The minimum Gasteiger partial charge on any atom is -0.467 e. The normalized spacial score (nSPS) is 17.9. The lowest BCUT2D eigenvalue weighted by Crippen LogP contribution is -2.29. The van der Waals surface area contributed by atoms with E-state index in [1.165, 1.54) is 31.2 Å². The molecule has 2 heteroatoms. The molecular formula is C18H23NO. The van der Waals surface area contributed by atoms with Crippen LogP contribution < -0.4 is 5.32 Å². The summed E-state index contributed by atoms with van der Waals surface area (Å²) in [5.74, 6) is 1.00. The highest BCUT2D eigenvalue weighted by Crippen LogP contribution is 2.49. The summed E-state index contributed by atoms with van der Waals surface area (Å²) in [6, 6.07) is 14.8. The quantitative estimate of drug-likeness (QED) is 0.798. The summed E-state index contributed by atoms with van der Waals surface area (Å²) in [6.45, 7) is 3.36. The number of nitrogens with one attached hydrogen (secondary N) is 1. The van der Waals surface area contributed by atoms with Crippen LogP contribution in [-0.4, -0.2) is 6.54 Å². The Labute approximate surface area is 121 Å². The largest absolute Gasteiger partial charge is 0.467 e. The third kappa shape index (κ3) is 2.96. The summed E-state index contributed by atoms with van der Waals surface area (Å²) in [5.41, 5.74) is 1.82. The number of hydrogen-bond acceptors (Lipinski definition) is 2. The van der Waals surface area contributed by atoms with Crippen LogP contribution in [0.2, 0.25) is 0 Å². The van der Waals surface area contributed by atoms with Gasteiger partial charge >= 0.3 is 0 Å². The highest BCUT2D eigenvalue weighted by molar-refractivity contribution is 5.26. The molecule has 0 saturated heterocycles.